The van der Waals surface area contributed by atoms with Crippen molar-refractivity contribution in [2.75, 3.05) is 33.7 Å². The Morgan fingerprint density at radius 2 is 1.90 bits per heavy atom. The average Bonchev–Trinajstić information content (AvgIpc) is 2.65. The maximum absolute atomic E-state index is 12.2. The molecule has 0 saturated heterocycles. The second-order valence-corrected chi connectivity index (χ2v) is 4.99. The van der Waals surface area contributed by atoms with Gasteiger partial charge in [-0.15, -0.1) is 0 Å². The molecule has 0 bridgehead atoms. The molecule has 1 aromatic rings. The molecule has 1 N–H and O–H groups in total. The number of carboxylic acid groups (broad SMARTS) is 1. The molecule has 112 valence electrons. The van der Waals surface area contributed by atoms with Gasteiger partial charge in [-0.1, -0.05) is 5.16 Å². The molecule has 0 saturated carbocycles. The lowest BCUT2D eigenvalue weighted by atomic mass is 10.1. The molecule has 0 atom stereocenters. The molecule has 0 aliphatic rings. The van der Waals surface area contributed by atoms with E-state index in [2.05, 4.69) is 5.16 Å². The van der Waals surface area contributed by atoms with Gasteiger partial charge in [0, 0.05) is 18.7 Å². The van der Waals surface area contributed by atoms with Crippen molar-refractivity contribution in [1.29, 1.82) is 0 Å². The van der Waals surface area contributed by atoms with Crippen LogP contribution in [0.3, 0.4) is 0 Å². The number of hydrogen-bond acceptors (Lipinski definition) is 5. The Morgan fingerprint density at radius 1 is 1.25 bits per heavy atom. The zero-order valence-corrected chi connectivity index (χ0v) is 12.3. The fourth-order valence-corrected chi connectivity index (χ4v) is 1.79. The number of rotatable bonds is 7. The van der Waals surface area contributed by atoms with Gasteiger partial charge >= 0.3 is 5.97 Å². The zero-order chi connectivity index (χ0) is 15.3. The van der Waals surface area contributed by atoms with E-state index in [0.29, 0.717) is 24.5 Å². The fraction of sp³-hybridized carbons (Fsp3) is 0.615. The Bertz CT molecular complexity index is 462. The van der Waals surface area contributed by atoms with Crippen molar-refractivity contribution in [3.05, 3.63) is 17.0 Å². The number of likely N-dealkylation sites (N-methyl/N-ethyl adjacent to an activating group) is 1. The quantitative estimate of drug-likeness (QED) is 0.775. The lowest BCUT2D eigenvalue weighted by Gasteiger charge is -2.22. The Morgan fingerprint density at radius 3 is 2.35 bits per heavy atom. The van der Waals surface area contributed by atoms with Crippen LogP contribution in [0.5, 0.6) is 0 Å². The summed E-state index contributed by atoms with van der Waals surface area (Å²) in [7, 11) is 3.75. The Balaban J connectivity index is 2.74. The Kier molecular flexibility index (Phi) is 5.69. The lowest BCUT2D eigenvalue weighted by molar-refractivity contribution is -0.144. The van der Waals surface area contributed by atoms with E-state index in [9.17, 15) is 9.59 Å². The summed E-state index contributed by atoms with van der Waals surface area (Å²) in [5.74, 6) is -0.654. The molecule has 0 radical (unpaired) electrons. The molecule has 0 aliphatic heterocycles. The number of carboxylic acids is 1. The summed E-state index contributed by atoms with van der Waals surface area (Å²) in [4.78, 5) is 26.3. The van der Waals surface area contributed by atoms with Gasteiger partial charge in [-0.25, -0.2) is 0 Å². The monoisotopic (exact) mass is 283 g/mol. The van der Waals surface area contributed by atoms with Crippen molar-refractivity contribution in [2.24, 2.45) is 0 Å². The number of amides is 1. The van der Waals surface area contributed by atoms with Crippen LogP contribution in [0.25, 0.3) is 0 Å². The third kappa shape index (κ3) is 4.65. The van der Waals surface area contributed by atoms with Crippen LogP contribution < -0.4 is 0 Å². The van der Waals surface area contributed by atoms with E-state index in [1.54, 1.807) is 13.8 Å². The van der Waals surface area contributed by atoms with Crippen LogP contribution in [0.2, 0.25) is 0 Å². The highest BCUT2D eigenvalue weighted by Crippen LogP contribution is 2.14. The molecule has 0 unspecified atom stereocenters. The van der Waals surface area contributed by atoms with Gasteiger partial charge in [-0.3, -0.25) is 9.59 Å². The molecule has 0 aromatic carbocycles. The van der Waals surface area contributed by atoms with Crippen LogP contribution in [-0.4, -0.2) is 65.7 Å². The van der Waals surface area contributed by atoms with Crippen molar-refractivity contribution in [3.63, 3.8) is 0 Å². The second kappa shape index (κ2) is 7.04. The van der Waals surface area contributed by atoms with Crippen molar-refractivity contribution in [3.8, 4) is 0 Å². The standard InChI is InChI=1S/C13H21N3O4/c1-9-11(10(2)20-14-9)7-12(17)16(8-13(18)19)6-5-15(3)4/h5-8H2,1-4H3,(H,18,19). The molecule has 7 heteroatoms. The summed E-state index contributed by atoms with van der Waals surface area (Å²) >= 11 is 0. The van der Waals surface area contributed by atoms with Gasteiger partial charge in [0.25, 0.3) is 0 Å². The highest BCUT2D eigenvalue weighted by atomic mass is 16.5. The summed E-state index contributed by atoms with van der Waals surface area (Å²) in [6, 6.07) is 0. The molecule has 20 heavy (non-hydrogen) atoms. The second-order valence-electron chi connectivity index (χ2n) is 4.99. The number of carbonyl (C=O) groups excluding carboxylic acids is 1. The smallest absolute Gasteiger partial charge is 0.323 e. The third-order valence-corrected chi connectivity index (χ3v) is 3.01. The van der Waals surface area contributed by atoms with E-state index in [0.717, 1.165) is 5.56 Å². The molecule has 0 aliphatic carbocycles. The van der Waals surface area contributed by atoms with Gasteiger partial charge in [0.15, 0.2) is 0 Å². The van der Waals surface area contributed by atoms with E-state index < -0.39 is 5.97 Å². The first-order chi connectivity index (χ1) is 9.31. The SMILES string of the molecule is Cc1noc(C)c1CC(=O)N(CCN(C)C)CC(=O)O. The number of aromatic nitrogens is 1. The van der Waals surface area contributed by atoms with Gasteiger partial charge in [-0.05, 0) is 27.9 Å². The number of hydrogen-bond donors (Lipinski definition) is 1. The topological polar surface area (TPSA) is 86.9 Å². The maximum Gasteiger partial charge on any atom is 0.323 e. The van der Waals surface area contributed by atoms with Gasteiger partial charge in [0.05, 0.1) is 12.1 Å². The molecule has 7 nitrogen and oxygen atoms in total. The molecular weight excluding hydrogens is 262 g/mol. The van der Waals surface area contributed by atoms with E-state index in [4.69, 9.17) is 9.63 Å². The first-order valence-electron chi connectivity index (χ1n) is 6.37. The predicted octanol–water partition coefficient (Wildman–Crippen LogP) is 0.309. The highest BCUT2D eigenvalue weighted by molar-refractivity contribution is 5.83. The van der Waals surface area contributed by atoms with E-state index >= 15 is 0 Å². The van der Waals surface area contributed by atoms with E-state index in [-0.39, 0.29) is 18.9 Å². The first kappa shape index (κ1) is 16.2. The van der Waals surface area contributed by atoms with Gasteiger partial charge < -0.3 is 19.4 Å². The predicted molar refractivity (Wildman–Crippen MR) is 72.5 cm³/mol. The van der Waals surface area contributed by atoms with Crippen LogP contribution in [-0.2, 0) is 16.0 Å². The van der Waals surface area contributed by atoms with E-state index in [1.807, 2.05) is 19.0 Å². The minimum absolute atomic E-state index is 0.113. The average molecular weight is 283 g/mol. The van der Waals surface area contributed by atoms with Gasteiger partial charge in [0.2, 0.25) is 5.91 Å². The summed E-state index contributed by atoms with van der Waals surface area (Å²) in [5, 5.41) is 12.7. The lowest BCUT2D eigenvalue weighted by Crippen LogP contribution is -2.40. The number of aliphatic carboxylic acids is 1. The van der Waals surface area contributed by atoms with Crippen LogP contribution in [0.4, 0.5) is 0 Å². The Labute approximate surface area is 118 Å². The molecular formula is C13H21N3O4. The molecule has 1 amide bonds. The maximum atomic E-state index is 12.2. The summed E-state index contributed by atoms with van der Waals surface area (Å²) < 4.78 is 5.01. The zero-order valence-electron chi connectivity index (χ0n) is 12.3. The molecule has 1 rings (SSSR count). The van der Waals surface area contributed by atoms with Crippen molar-refractivity contribution in [1.82, 2.24) is 15.0 Å². The fourth-order valence-electron chi connectivity index (χ4n) is 1.79. The van der Waals surface area contributed by atoms with Crippen LogP contribution in [0, 0.1) is 13.8 Å². The number of aryl methyl sites for hydroxylation is 2. The third-order valence-electron chi connectivity index (χ3n) is 3.01. The van der Waals surface area contributed by atoms with Crippen LogP contribution >= 0.6 is 0 Å². The van der Waals surface area contributed by atoms with Crippen molar-refractivity contribution in [2.45, 2.75) is 20.3 Å². The summed E-state index contributed by atoms with van der Waals surface area (Å²) in [6.07, 6.45) is 0.113. The van der Waals surface area contributed by atoms with Gasteiger partial charge in [-0.2, -0.15) is 0 Å². The Hall–Kier alpha value is -1.89. The molecule has 0 fully saturated rings. The van der Waals surface area contributed by atoms with Crippen LogP contribution in [0.1, 0.15) is 17.0 Å². The molecule has 1 heterocycles. The first-order valence-corrected chi connectivity index (χ1v) is 6.37. The number of nitrogens with zero attached hydrogens (tertiary/aromatic N) is 3. The molecule has 0 spiro atoms. The normalized spacial score (nSPS) is 10.8. The van der Waals surface area contributed by atoms with Crippen molar-refractivity contribution < 1.29 is 19.2 Å². The van der Waals surface area contributed by atoms with E-state index in [1.165, 1.54) is 4.90 Å². The van der Waals surface area contributed by atoms with Crippen LogP contribution in [0.15, 0.2) is 4.52 Å². The van der Waals surface area contributed by atoms with Gasteiger partial charge in [0.1, 0.15) is 12.3 Å². The van der Waals surface area contributed by atoms with Crippen molar-refractivity contribution >= 4 is 11.9 Å². The minimum atomic E-state index is -1.02. The number of carbonyl (C=O) groups is 2. The summed E-state index contributed by atoms with van der Waals surface area (Å²) in [5.41, 5.74) is 1.40. The molecule has 1 aromatic heterocycles. The largest absolute Gasteiger partial charge is 0.480 e. The minimum Gasteiger partial charge on any atom is -0.480 e. The summed E-state index contributed by atoms with van der Waals surface area (Å²) in [6.45, 7) is 4.20. The highest BCUT2D eigenvalue weighted by Gasteiger charge is 2.20.